The van der Waals surface area contributed by atoms with E-state index < -0.39 is 27.5 Å². The first-order chi connectivity index (χ1) is 17.3. The zero-order chi connectivity index (χ0) is 26.7. The number of hydrogen-bond acceptors (Lipinski definition) is 7. The van der Waals surface area contributed by atoms with E-state index in [0.29, 0.717) is 32.6 Å². The predicted molar refractivity (Wildman–Crippen MR) is 145 cm³/mol. The van der Waals surface area contributed by atoms with Crippen LogP contribution in [0.15, 0.2) is 30.3 Å². The van der Waals surface area contributed by atoms with Crippen LogP contribution >= 0.6 is 0 Å². The highest BCUT2D eigenvalue weighted by atomic mass is 32.2. The van der Waals surface area contributed by atoms with Crippen LogP contribution in [0.2, 0.25) is 0 Å². The van der Waals surface area contributed by atoms with Gasteiger partial charge in [-0.3, -0.25) is 14.7 Å². The summed E-state index contributed by atoms with van der Waals surface area (Å²) in [6.07, 6.45) is 6.13. The van der Waals surface area contributed by atoms with E-state index in [0.717, 1.165) is 44.9 Å². The molecule has 5 rings (SSSR count). The number of hydrogen-bond donors (Lipinski definition) is 2. The molecular formula is C28H46N4O4S. The Hall–Kier alpha value is -1.07. The zero-order valence-corrected chi connectivity index (χ0v) is 23.9. The van der Waals surface area contributed by atoms with E-state index in [1.807, 2.05) is 13.8 Å². The number of nitrogens with zero attached hydrogens (tertiary/aromatic N) is 4. The van der Waals surface area contributed by atoms with Crippen molar-refractivity contribution in [2.75, 3.05) is 46.0 Å². The molecule has 1 atom stereocenters. The van der Waals surface area contributed by atoms with Gasteiger partial charge >= 0.3 is 0 Å². The third-order valence-corrected chi connectivity index (χ3v) is 12.2. The molecular weight excluding hydrogens is 488 g/mol. The average molecular weight is 535 g/mol. The summed E-state index contributed by atoms with van der Waals surface area (Å²) in [4.78, 5) is 6.59. The third kappa shape index (κ3) is 4.79. The SMILES string of the molecule is CN(C)C1(c2ccccc2)CCC2(CC1)CN(CC(C)(C)N1CCCS1(=O)=O)C(O)N2CC1(O)CCC1. The number of β-amino-alcohol motifs (C(OH)–C–C–N with tert-alkyl or cyclic N) is 1. The van der Waals surface area contributed by atoms with E-state index in [-0.39, 0.29) is 16.8 Å². The largest absolute Gasteiger partial charge is 0.389 e. The molecule has 208 valence electrons. The average Bonchev–Trinajstić information content (AvgIpc) is 3.31. The lowest BCUT2D eigenvalue weighted by molar-refractivity contribution is -0.146. The second-order valence-corrected chi connectivity index (χ2v) is 15.0. The lowest BCUT2D eigenvalue weighted by Crippen LogP contribution is -2.60. The van der Waals surface area contributed by atoms with E-state index in [9.17, 15) is 18.6 Å². The molecule has 9 heteroatoms. The van der Waals surface area contributed by atoms with E-state index >= 15 is 0 Å². The molecule has 2 N–H and O–H groups in total. The first-order valence-electron chi connectivity index (χ1n) is 14.0. The summed E-state index contributed by atoms with van der Waals surface area (Å²) in [6, 6.07) is 10.7. The number of aliphatic hydroxyl groups excluding tert-OH is 1. The zero-order valence-electron chi connectivity index (χ0n) is 23.1. The fourth-order valence-electron chi connectivity index (χ4n) is 7.65. The molecule has 0 radical (unpaired) electrons. The van der Waals surface area contributed by atoms with Crippen LogP contribution in [-0.4, -0.2) is 107 Å². The van der Waals surface area contributed by atoms with Crippen molar-refractivity contribution in [2.45, 2.75) is 93.8 Å². The molecule has 0 aromatic heterocycles. The summed E-state index contributed by atoms with van der Waals surface area (Å²) >= 11 is 0. The Bertz CT molecular complexity index is 1060. The van der Waals surface area contributed by atoms with E-state index in [1.54, 1.807) is 4.31 Å². The first-order valence-corrected chi connectivity index (χ1v) is 15.6. The van der Waals surface area contributed by atoms with E-state index in [2.05, 4.69) is 59.1 Å². The molecule has 4 fully saturated rings. The van der Waals surface area contributed by atoms with Gasteiger partial charge in [-0.2, -0.15) is 4.31 Å². The lowest BCUT2D eigenvalue weighted by Gasteiger charge is -2.53. The van der Waals surface area contributed by atoms with Gasteiger partial charge in [-0.15, -0.1) is 0 Å². The Labute approximate surface area is 223 Å². The second kappa shape index (κ2) is 9.54. The maximum Gasteiger partial charge on any atom is 0.214 e. The van der Waals surface area contributed by atoms with Gasteiger partial charge in [-0.05, 0) is 84.9 Å². The first kappa shape index (κ1) is 27.5. The van der Waals surface area contributed by atoms with Gasteiger partial charge in [0.15, 0.2) is 6.35 Å². The Kier molecular flexibility index (Phi) is 7.09. The van der Waals surface area contributed by atoms with Gasteiger partial charge in [0.05, 0.1) is 11.4 Å². The van der Waals surface area contributed by atoms with Crippen LogP contribution in [0.3, 0.4) is 0 Å². The minimum atomic E-state index is -3.26. The van der Waals surface area contributed by atoms with Crippen molar-refractivity contribution in [3.8, 4) is 0 Å². The van der Waals surface area contributed by atoms with Crippen LogP contribution in [0, 0.1) is 0 Å². The van der Waals surface area contributed by atoms with Crippen molar-refractivity contribution >= 4 is 10.0 Å². The molecule has 8 nitrogen and oxygen atoms in total. The van der Waals surface area contributed by atoms with Crippen LogP contribution in [0.5, 0.6) is 0 Å². The number of aliphatic hydroxyl groups is 2. The van der Waals surface area contributed by atoms with Gasteiger partial charge < -0.3 is 10.2 Å². The van der Waals surface area contributed by atoms with Crippen LogP contribution in [-0.2, 0) is 15.6 Å². The van der Waals surface area contributed by atoms with Gasteiger partial charge in [0, 0.05) is 42.8 Å². The molecule has 0 bridgehead atoms. The number of sulfonamides is 1. The summed E-state index contributed by atoms with van der Waals surface area (Å²) < 4.78 is 27.1. The van der Waals surface area contributed by atoms with Crippen LogP contribution < -0.4 is 0 Å². The summed E-state index contributed by atoms with van der Waals surface area (Å²) in [6.45, 7) is 6.10. The smallest absolute Gasteiger partial charge is 0.214 e. The summed E-state index contributed by atoms with van der Waals surface area (Å²) in [5.41, 5.74) is -0.346. The van der Waals surface area contributed by atoms with Crippen molar-refractivity contribution in [1.82, 2.24) is 19.0 Å². The molecule has 2 heterocycles. The molecule has 2 aliphatic heterocycles. The fourth-order valence-corrected chi connectivity index (χ4v) is 9.58. The van der Waals surface area contributed by atoms with Gasteiger partial charge in [-0.25, -0.2) is 8.42 Å². The number of rotatable bonds is 7. The molecule has 2 aliphatic carbocycles. The monoisotopic (exact) mass is 534 g/mol. The summed E-state index contributed by atoms with van der Waals surface area (Å²) in [5, 5.41) is 22.9. The summed E-state index contributed by atoms with van der Waals surface area (Å²) in [7, 11) is 1.06. The summed E-state index contributed by atoms with van der Waals surface area (Å²) in [5.74, 6) is 0.203. The Morgan fingerprint density at radius 1 is 1.03 bits per heavy atom. The van der Waals surface area contributed by atoms with Gasteiger partial charge in [-0.1, -0.05) is 30.3 Å². The third-order valence-electron chi connectivity index (χ3n) is 10.0. The predicted octanol–water partition coefficient (Wildman–Crippen LogP) is 2.38. The second-order valence-electron chi connectivity index (χ2n) is 13.0. The highest BCUT2D eigenvalue weighted by Gasteiger charge is 2.57. The van der Waals surface area contributed by atoms with Crippen LogP contribution in [0.1, 0.15) is 70.8 Å². The van der Waals surface area contributed by atoms with Gasteiger partial charge in [0.2, 0.25) is 10.0 Å². The van der Waals surface area contributed by atoms with Gasteiger partial charge in [0.1, 0.15) is 0 Å². The van der Waals surface area contributed by atoms with E-state index in [4.69, 9.17) is 0 Å². The minimum absolute atomic E-state index is 0.0627. The Balaban J connectivity index is 1.41. The van der Waals surface area contributed by atoms with Crippen molar-refractivity contribution in [3.63, 3.8) is 0 Å². The normalized spacial score (nSPS) is 34.8. The number of benzene rings is 1. The highest BCUT2D eigenvalue weighted by Crippen LogP contribution is 2.51. The molecule has 2 saturated heterocycles. The Morgan fingerprint density at radius 3 is 2.19 bits per heavy atom. The van der Waals surface area contributed by atoms with Gasteiger partial charge in [0.25, 0.3) is 0 Å². The van der Waals surface area contributed by atoms with E-state index in [1.165, 1.54) is 5.56 Å². The highest BCUT2D eigenvalue weighted by molar-refractivity contribution is 7.89. The van der Waals surface area contributed by atoms with Crippen molar-refractivity contribution in [3.05, 3.63) is 35.9 Å². The standard InChI is InChI=1S/C28H46N4O4S/c1-25(2,32-18-9-19-37(32,35)36)20-30-21-26(31(24(30)33)22-27(34)12-8-13-27)14-16-28(17-15-26,29(3)4)23-10-6-5-7-11-23/h5-7,10-11,24,33-34H,8-9,12-22H2,1-4H3. The Morgan fingerprint density at radius 2 is 1.68 bits per heavy atom. The quantitative estimate of drug-likeness (QED) is 0.555. The maximum absolute atomic E-state index is 12.7. The molecule has 1 spiro atoms. The molecule has 1 unspecified atom stereocenters. The molecule has 2 saturated carbocycles. The fraction of sp³-hybridized carbons (Fsp3) is 0.786. The molecule has 1 aromatic carbocycles. The molecule has 0 amide bonds. The lowest BCUT2D eigenvalue weighted by atomic mass is 9.67. The molecule has 4 aliphatic rings. The minimum Gasteiger partial charge on any atom is -0.389 e. The molecule has 1 aromatic rings. The maximum atomic E-state index is 12.7. The van der Waals surface area contributed by atoms with Crippen LogP contribution in [0.25, 0.3) is 0 Å². The van der Waals surface area contributed by atoms with Crippen molar-refractivity contribution in [1.29, 1.82) is 0 Å². The van der Waals surface area contributed by atoms with Crippen LogP contribution in [0.4, 0.5) is 0 Å². The molecule has 37 heavy (non-hydrogen) atoms. The van der Waals surface area contributed by atoms with Crippen molar-refractivity contribution < 1.29 is 18.6 Å². The van der Waals surface area contributed by atoms with Crippen molar-refractivity contribution in [2.24, 2.45) is 0 Å². The topological polar surface area (TPSA) is 87.6 Å².